The predicted molar refractivity (Wildman–Crippen MR) is 59.3 cm³/mol. The third kappa shape index (κ3) is 3.37. The number of aliphatic carboxylic acids is 1. The Labute approximate surface area is 95.2 Å². The maximum absolute atomic E-state index is 11.7. The summed E-state index contributed by atoms with van der Waals surface area (Å²) in [5.74, 6) is -0.667. The molecule has 0 bridgehead atoms. The van der Waals surface area contributed by atoms with Gasteiger partial charge in [-0.2, -0.15) is 0 Å². The second-order valence-electron chi connectivity index (χ2n) is 4.18. The monoisotopic (exact) mass is 229 g/mol. The van der Waals surface area contributed by atoms with Gasteiger partial charge in [0.25, 0.3) is 0 Å². The van der Waals surface area contributed by atoms with Gasteiger partial charge in [0, 0.05) is 39.1 Å². The SMILES string of the molecule is CNCCN(C)C(=O)N1CC(CC(=O)O)C1. The van der Waals surface area contributed by atoms with Crippen LogP contribution in [0, 0.1) is 5.92 Å². The third-order valence-corrected chi connectivity index (χ3v) is 2.71. The number of urea groups is 1. The number of carboxylic acid groups (broad SMARTS) is 1. The first-order valence-corrected chi connectivity index (χ1v) is 5.41. The minimum atomic E-state index is -0.791. The van der Waals surface area contributed by atoms with Crippen molar-refractivity contribution in [3.05, 3.63) is 0 Å². The van der Waals surface area contributed by atoms with Gasteiger partial charge in [0.2, 0.25) is 0 Å². The maximum Gasteiger partial charge on any atom is 0.319 e. The number of likely N-dealkylation sites (tertiary alicyclic amines) is 1. The molecule has 92 valence electrons. The average Bonchev–Trinajstić information content (AvgIpc) is 2.18. The largest absolute Gasteiger partial charge is 0.481 e. The molecule has 0 radical (unpaired) electrons. The molecule has 0 aromatic carbocycles. The number of nitrogens with zero attached hydrogens (tertiary/aromatic N) is 2. The number of amides is 2. The molecule has 0 unspecified atom stereocenters. The zero-order valence-electron chi connectivity index (χ0n) is 9.77. The fourth-order valence-electron chi connectivity index (χ4n) is 1.72. The Bertz CT molecular complexity index is 264. The van der Waals surface area contributed by atoms with E-state index in [1.54, 1.807) is 16.8 Å². The van der Waals surface area contributed by atoms with Crippen molar-refractivity contribution in [3.8, 4) is 0 Å². The van der Waals surface area contributed by atoms with Gasteiger partial charge in [0.1, 0.15) is 0 Å². The Morgan fingerprint density at radius 2 is 2.12 bits per heavy atom. The summed E-state index contributed by atoms with van der Waals surface area (Å²) in [6.07, 6.45) is 0.157. The summed E-state index contributed by atoms with van der Waals surface area (Å²) in [7, 11) is 3.59. The maximum atomic E-state index is 11.7. The smallest absolute Gasteiger partial charge is 0.319 e. The fourth-order valence-corrected chi connectivity index (χ4v) is 1.72. The number of nitrogens with one attached hydrogen (secondary N) is 1. The second kappa shape index (κ2) is 5.69. The molecule has 0 atom stereocenters. The lowest BCUT2D eigenvalue weighted by atomic mass is 9.97. The molecule has 1 rings (SSSR count). The number of likely N-dealkylation sites (N-methyl/N-ethyl adjacent to an activating group) is 2. The molecule has 1 heterocycles. The Hall–Kier alpha value is -1.30. The Balaban J connectivity index is 2.23. The van der Waals surface area contributed by atoms with Crippen LogP contribution in [0.5, 0.6) is 0 Å². The topological polar surface area (TPSA) is 72.9 Å². The summed E-state index contributed by atoms with van der Waals surface area (Å²) in [5, 5.41) is 11.6. The van der Waals surface area contributed by atoms with Crippen molar-refractivity contribution in [1.29, 1.82) is 0 Å². The van der Waals surface area contributed by atoms with E-state index in [1.165, 1.54) is 0 Å². The number of hydrogen-bond donors (Lipinski definition) is 2. The quantitative estimate of drug-likeness (QED) is 0.676. The summed E-state index contributed by atoms with van der Waals surface area (Å²) in [5.41, 5.74) is 0. The van der Waals surface area contributed by atoms with Crippen LogP contribution in [-0.4, -0.2) is 67.2 Å². The van der Waals surface area contributed by atoms with Crippen LogP contribution in [0.2, 0.25) is 0 Å². The van der Waals surface area contributed by atoms with Crippen molar-refractivity contribution < 1.29 is 14.7 Å². The van der Waals surface area contributed by atoms with E-state index in [1.807, 2.05) is 7.05 Å². The van der Waals surface area contributed by atoms with Crippen LogP contribution in [0.15, 0.2) is 0 Å². The summed E-state index contributed by atoms with van der Waals surface area (Å²) in [6, 6.07) is -0.0168. The lowest BCUT2D eigenvalue weighted by Gasteiger charge is -2.40. The zero-order chi connectivity index (χ0) is 12.1. The molecule has 2 N–H and O–H groups in total. The van der Waals surface area contributed by atoms with Gasteiger partial charge < -0.3 is 20.2 Å². The van der Waals surface area contributed by atoms with E-state index in [9.17, 15) is 9.59 Å². The molecule has 0 spiro atoms. The lowest BCUT2D eigenvalue weighted by Crippen LogP contribution is -2.55. The Morgan fingerprint density at radius 3 is 2.62 bits per heavy atom. The molecule has 2 amide bonds. The first-order chi connectivity index (χ1) is 7.54. The van der Waals surface area contributed by atoms with E-state index in [0.717, 1.165) is 6.54 Å². The lowest BCUT2D eigenvalue weighted by molar-refractivity contribution is -0.139. The molecule has 1 aliphatic rings. The van der Waals surface area contributed by atoms with E-state index in [4.69, 9.17) is 5.11 Å². The first kappa shape index (κ1) is 12.8. The van der Waals surface area contributed by atoms with Crippen LogP contribution in [0.25, 0.3) is 0 Å². The number of carboxylic acids is 1. The van der Waals surface area contributed by atoms with Crippen LogP contribution in [-0.2, 0) is 4.79 Å². The predicted octanol–water partition coefficient (Wildman–Crippen LogP) is -0.336. The summed E-state index contributed by atoms with van der Waals surface area (Å²) >= 11 is 0. The molecule has 0 aromatic heterocycles. The standard InChI is InChI=1S/C10H19N3O3/c1-11-3-4-12(2)10(16)13-6-8(7-13)5-9(14)15/h8,11H,3-7H2,1-2H3,(H,14,15). The molecule has 1 fully saturated rings. The van der Waals surface area contributed by atoms with E-state index in [2.05, 4.69) is 5.32 Å². The van der Waals surface area contributed by atoms with Crippen molar-refractivity contribution in [1.82, 2.24) is 15.1 Å². The molecule has 0 saturated carbocycles. The van der Waals surface area contributed by atoms with Gasteiger partial charge in [-0.1, -0.05) is 0 Å². The number of carbonyl (C=O) groups excluding carboxylic acids is 1. The minimum absolute atomic E-state index is 0.0168. The van der Waals surface area contributed by atoms with Crippen LogP contribution in [0.1, 0.15) is 6.42 Å². The fraction of sp³-hybridized carbons (Fsp3) is 0.800. The van der Waals surface area contributed by atoms with Crippen molar-refractivity contribution in [2.45, 2.75) is 6.42 Å². The van der Waals surface area contributed by atoms with Crippen LogP contribution >= 0.6 is 0 Å². The summed E-state index contributed by atoms with van der Waals surface area (Å²) < 4.78 is 0. The van der Waals surface area contributed by atoms with Gasteiger partial charge >= 0.3 is 12.0 Å². The molecule has 1 aliphatic heterocycles. The highest BCUT2D eigenvalue weighted by molar-refractivity contribution is 5.75. The van der Waals surface area contributed by atoms with E-state index in [0.29, 0.717) is 19.6 Å². The van der Waals surface area contributed by atoms with E-state index >= 15 is 0 Å². The molecular formula is C10H19N3O3. The number of carbonyl (C=O) groups is 2. The van der Waals surface area contributed by atoms with Crippen molar-refractivity contribution in [2.24, 2.45) is 5.92 Å². The molecule has 16 heavy (non-hydrogen) atoms. The highest BCUT2D eigenvalue weighted by Crippen LogP contribution is 2.19. The zero-order valence-corrected chi connectivity index (χ0v) is 9.77. The molecule has 6 nitrogen and oxygen atoms in total. The first-order valence-electron chi connectivity index (χ1n) is 5.41. The highest BCUT2D eigenvalue weighted by Gasteiger charge is 2.33. The number of rotatable bonds is 5. The summed E-state index contributed by atoms with van der Waals surface area (Å²) in [6.45, 7) is 2.55. The van der Waals surface area contributed by atoms with Crippen molar-refractivity contribution in [2.75, 3.05) is 40.3 Å². The van der Waals surface area contributed by atoms with Crippen molar-refractivity contribution in [3.63, 3.8) is 0 Å². The van der Waals surface area contributed by atoms with Crippen LogP contribution < -0.4 is 5.32 Å². The summed E-state index contributed by atoms with van der Waals surface area (Å²) in [4.78, 5) is 25.5. The second-order valence-corrected chi connectivity index (χ2v) is 4.18. The molecule has 1 saturated heterocycles. The molecule has 0 aliphatic carbocycles. The molecular weight excluding hydrogens is 210 g/mol. The van der Waals surface area contributed by atoms with Crippen molar-refractivity contribution >= 4 is 12.0 Å². The number of hydrogen-bond acceptors (Lipinski definition) is 3. The van der Waals surface area contributed by atoms with Gasteiger partial charge in [-0.15, -0.1) is 0 Å². The van der Waals surface area contributed by atoms with E-state index < -0.39 is 5.97 Å². The van der Waals surface area contributed by atoms with Gasteiger partial charge in [-0.3, -0.25) is 4.79 Å². The highest BCUT2D eigenvalue weighted by atomic mass is 16.4. The van der Waals surface area contributed by atoms with Gasteiger partial charge in [0.05, 0.1) is 6.42 Å². The molecule has 0 aromatic rings. The Morgan fingerprint density at radius 1 is 1.50 bits per heavy atom. The van der Waals surface area contributed by atoms with Gasteiger partial charge in [-0.05, 0) is 7.05 Å². The normalized spacial score (nSPS) is 15.8. The van der Waals surface area contributed by atoms with Gasteiger partial charge in [-0.25, -0.2) is 4.79 Å². The van der Waals surface area contributed by atoms with Gasteiger partial charge in [0.15, 0.2) is 0 Å². The minimum Gasteiger partial charge on any atom is -0.481 e. The van der Waals surface area contributed by atoms with E-state index in [-0.39, 0.29) is 18.4 Å². The van der Waals surface area contributed by atoms with Crippen LogP contribution in [0.3, 0.4) is 0 Å². The van der Waals surface area contributed by atoms with Crippen LogP contribution in [0.4, 0.5) is 4.79 Å². The average molecular weight is 229 g/mol. The molecule has 6 heteroatoms. The Kier molecular flexibility index (Phi) is 4.54. The third-order valence-electron chi connectivity index (χ3n) is 2.71.